The number of carbonyl (C=O) groups excluding carboxylic acids is 2. The number of cyclic esters (lactones) is 1. The molecule has 0 bridgehead atoms. The molecule has 1 fully saturated rings. The van der Waals surface area contributed by atoms with Crippen molar-refractivity contribution in [1.82, 2.24) is 10.2 Å². The third-order valence-corrected chi connectivity index (χ3v) is 4.61. The maximum atomic E-state index is 12.3. The van der Waals surface area contributed by atoms with Gasteiger partial charge in [0.15, 0.2) is 0 Å². The molecule has 1 N–H and O–H groups in total. The summed E-state index contributed by atoms with van der Waals surface area (Å²) >= 11 is 0. The van der Waals surface area contributed by atoms with Crippen molar-refractivity contribution in [2.24, 2.45) is 4.99 Å². The van der Waals surface area contributed by atoms with Crippen LogP contribution in [0.15, 0.2) is 23.2 Å². The van der Waals surface area contributed by atoms with Gasteiger partial charge >= 0.3 is 12.1 Å². The number of nitrogens with one attached hydrogen (secondary N) is 1. The van der Waals surface area contributed by atoms with Gasteiger partial charge in [-0.3, -0.25) is 0 Å². The number of amides is 1. The molecule has 1 aromatic carbocycles. The number of hydrogen-bond acceptors (Lipinski definition) is 6. The highest BCUT2D eigenvalue weighted by Crippen LogP contribution is 2.38. The van der Waals surface area contributed by atoms with Crippen LogP contribution in [0.4, 0.5) is 10.5 Å². The van der Waals surface area contributed by atoms with E-state index in [1.807, 2.05) is 26.2 Å². The first kappa shape index (κ1) is 21.2. The summed E-state index contributed by atoms with van der Waals surface area (Å²) in [7, 11) is 4.02. The maximum Gasteiger partial charge on any atom is 0.407 e. The molecule has 8 heteroatoms. The summed E-state index contributed by atoms with van der Waals surface area (Å²) in [6, 6.07) is 6.00. The second kappa shape index (κ2) is 9.19. The van der Waals surface area contributed by atoms with E-state index in [2.05, 4.69) is 21.3 Å². The van der Waals surface area contributed by atoms with E-state index in [0.717, 1.165) is 29.8 Å². The predicted molar refractivity (Wildman–Crippen MR) is 105 cm³/mol. The number of carbonyl (C=O) groups is 2. The zero-order chi connectivity index (χ0) is 18.7. The van der Waals surface area contributed by atoms with Crippen LogP contribution in [-0.2, 0) is 20.7 Å². The van der Waals surface area contributed by atoms with Crippen LogP contribution in [0.1, 0.15) is 30.4 Å². The summed E-state index contributed by atoms with van der Waals surface area (Å²) < 4.78 is 10.1. The molecule has 2 unspecified atom stereocenters. The molecule has 2 heterocycles. The Labute approximate surface area is 165 Å². The molecule has 7 nitrogen and oxygen atoms in total. The number of fused-ring (bicyclic) bond motifs is 1. The number of halogens is 1. The second-order valence-electron chi connectivity index (χ2n) is 6.90. The lowest BCUT2D eigenvalue weighted by molar-refractivity contribution is -0.135. The average Bonchev–Trinajstić information content (AvgIpc) is 3.16. The number of alkyl carbamates (subject to hydrolysis) is 1. The number of hydrogen-bond donors (Lipinski definition) is 1. The zero-order valence-corrected chi connectivity index (χ0v) is 16.7. The van der Waals surface area contributed by atoms with E-state index >= 15 is 0 Å². The molecule has 148 valence electrons. The van der Waals surface area contributed by atoms with Crippen molar-refractivity contribution in [2.45, 2.75) is 31.7 Å². The molecule has 2 aliphatic heterocycles. The molecule has 27 heavy (non-hydrogen) atoms. The summed E-state index contributed by atoms with van der Waals surface area (Å²) in [4.78, 5) is 30.2. The van der Waals surface area contributed by atoms with Gasteiger partial charge in [0.05, 0.1) is 18.3 Å². The average molecular weight is 396 g/mol. The lowest BCUT2D eigenvalue weighted by atomic mass is 9.90. The molecule has 2 aliphatic rings. The van der Waals surface area contributed by atoms with Gasteiger partial charge in [0.25, 0.3) is 0 Å². The van der Waals surface area contributed by atoms with Gasteiger partial charge in [-0.1, -0.05) is 12.1 Å². The normalized spacial score (nSPS) is 20.4. The van der Waals surface area contributed by atoms with E-state index in [1.165, 1.54) is 0 Å². The third-order valence-electron chi connectivity index (χ3n) is 4.61. The Balaban J connectivity index is 0.00000261. The van der Waals surface area contributed by atoms with Gasteiger partial charge < -0.3 is 19.7 Å². The van der Waals surface area contributed by atoms with Gasteiger partial charge in [-0.25, -0.2) is 14.6 Å². The Bertz CT molecular complexity index is 736. The first-order chi connectivity index (χ1) is 12.5. The monoisotopic (exact) mass is 395 g/mol. The third kappa shape index (κ3) is 4.99. The van der Waals surface area contributed by atoms with Gasteiger partial charge in [-0.15, -0.1) is 12.4 Å². The van der Waals surface area contributed by atoms with Crippen LogP contribution in [0.5, 0.6) is 0 Å². The van der Waals surface area contributed by atoms with Crippen molar-refractivity contribution < 1.29 is 19.1 Å². The van der Waals surface area contributed by atoms with E-state index in [-0.39, 0.29) is 36.4 Å². The number of ether oxygens (including phenoxy) is 2. The van der Waals surface area contributed by atoms with E-state index in [0.29, 0.717) is 25.3 Å². The summed E-state index contributed by atoms with van der Waals surface area (Å²) in [6.07, 6.45) is 1.12. The second-order valence-corrected chi connectivity index (χ2v) is 6.90. The van der Waals surface area contributed by atoms with E-state index in [4.69, 9.17) is 9.47 Å². The SMILES string of the molecule is CCOC(=O)C1=Nc2ccc(CC3COC(=O)N3)cc2C1CCN(C)C.Cl. The predicted octanol–water partition coefficient (Wildman–Crippen LogP) is 2.44. The molecule has 1 amide bonds. The summed E-state index contributed by atoms with van der Waals surface area (Å²) in [5.74, 6) is -0.411. The highest BCUT2D eigenvalue weighted by molar-refractivity contribution is 6.40. The lowest BCUT2D eigenvalue weighted by Gasteiger charge is -2.18. The van der Waals surface area contributed by atoms with Gasteiger partial charge in [0.2, 0.25) is 0 Å². The van der Waals surface area contributed by atoms with Crippen LogP contribution in [-0.4, -0.2) is 62.6 Å². The largest absolute Gasteiger partial charge is 0.461 e. The smallest absolute Gasteiger partial charge is 0.407 e. The molecular formula is C19H26ClN3O4. The van der Waals surface area contributed by atoms with Crippen molar-refractivity contribution in [3.63, 3.8) is 0 Å². The van der Waals surface area contributed by atoms with E-state index < -0.39 is 0 Å². The Kier molecular flexibility index (Phi) is 7.21. The van der Waals surface area contributed by atoms with Crippen molar-refractivity contribution in [1.29, 1.82) is 0 Å². The maximum absolute atomic E-state index is 12.3. The first-order valence-electron chi connectivity index (χ1n) is 8.94. The number of nitrogens with zero attached hydrogens (tertiary/aromatic N) is 2. The summed E-state index contributed by atoms with van der Waals surface area (Å²) in [5.41, 5.74) is 3.46. The van der Waals surface area contributed by atoms with Crippen LogP contribution in [0.25, 0.3) is 0 Å². The van der Waals surface area contributed by atoms with Crippen LogP contribution < -0.4 is 5.32 Å². The fourth-order valence-electron chi connectivity index (χ4n) is 3.36. The van der Waals surface area contributed by atoms with Gasteiger partial charge in [-0.2, -0.15) is 0 Å². The van der Waals surface area contributed by atoms with Crippen molar-refractivity contribution in [3.05, 3.63) is 29.3 Å². The fraction of sp³-hybridized carbons (Fsp3) is 0.526. The molecule has 0 saturated carbocycles. The minimum absolute atomic E-state index is 0. The van der Waals surface area contributed by atoms with Gasteiger partial charge in [0.1, 0.15) is 12.3 Å². The number of esters is 1. The Morgan fingerprint density at radius 3 is 2.81 bits per heavy atom. The minimum Gasteiger partial charge on any atom is -0.461 e. The molecule has 1 aromatic rings. The molecular weight excluding hydrogens is 370 g/mol. The van der Waals surface area contributed by atoms with Crippen molar-refractivity contribution >= 4 is 35.9 Å². The number of benzene rings is 1. The fourth-order valence-corrected chi connectivity index (χ4v) is 3.36. The highest BCUT2D eigenvalue weighted by Gasteiger charge is 2.33. The lowest BCUT2D eigenvalue weighted by Crippen LogP contribution is -2.28. The van der Waals surface area contributed by atoms with Crippen LogP contribution in [0.2, 0.25) is 0 Å². The Morgan fingerprint density at radius 2 is 2.19 bits per heavy atom. The minimum atomic E-state index is -0.368. The van der Waals surface area contributed by atoms with Gasteiger partial charge in [0, 0.05) is 5.92 Å². The van der Waals surface area contributed by atoms with Crippen LogP contribution >= 0.6 is 12.4 Å². The molecule has 0 aromatic heterocycles. The van der Waals surface area contributed by atoms with E-state index in [9.17, 15) is 9.59 Å². The topological polar surface area (TPSA) is 80.2 Å². The first-order valence-corrected chi connectivity index (χ1v) is 8.94. The Morgan fingerprint density at radius 1 is 1.41 bits per heavy atom. The van der Waals surface area contributed by atoms with Crippen LogP contribution in [0, 0.1) is 0 Å². The molecule has 0 radical (unpaired) electrons. The molecule has 0 aliphatic carbocycles. The molecule has 1 saturated heterocycles. The van der Waals surface area contributed by atoms with Gasteiger partial charge in [-0.05, 0) is 57.6 Å². The number of aliphatic imine (C=N–C) groups is 1. The zero-order valence-electron chi connectivity index (χ0n) is 15.9. The standard InChI is InChI=1S/C19H25N3O4.ClH/c1-4-25-18(23)17-14(7-8-22(2)3)15-10-12(5-6-16(15)21-17)9-13-11-26-19(24)20-13;/h5-6,10,13-14H,4,7-9,11H2,1-3H3,(H,20,24);1H. The molecule has 3 rings (SSSR count). The van der Waals surface area contributed by atoms with Crippen molar-refractivity contribution in [2.75, 3.05) is 33.9 Å². The summed E-state index contributed by atoms with van der Waals surface area (Å²) in [6.45, 7) is 3.36. The Hall–Kier alpha value is -2.12. The van der Waals surface area contributed by atoms with Crippen molar-refractivity contribution in [3.8, 4) is 0 Å². The van der Waals surface area contributed by atoms with Crippen LogP contribution in [0.3, 0.4) is 0 Å². The molecule has 0 spiro atoms. The van der Waals surface area contributed by atoms with E-state index in [1.54, 1.807) is 6.92 Å². The highest BCUT2D eigenvalue weighted by atomic mass is 35.5. The quantitative estimate of drug-likeness (QED) is 0.717. The molecule has 2 atom stereocenters. The number of rotatable bonds is 7. The summed E-state index contributed by atoms with van der Waals surface area (Å²) in [5, 5.41) is 2.79.